The van der Waals surface area contributed by atoms with E-state index in [1.807, 2.05) is 35.2 Å². The van der Waals surface area contributed by atoms with E-state index in [0.717, 1.165) is 50.7 Å². The molecule has 0 saturated carbocycles. The lowest BCUT2D eigenvalue weighted by atomic mass is 10.1. The molecule has 0 spiro atoms. The molecule has 1 amide bonds. The summed E-state index contributed by atoms with van der Waals surface area (Å²) in [5.74, 6) is 0.974. The molecule has 2 aliphatic heterocycles. The van der Waals surface area contributed by atoms with E-state index in [-0.39, 0.29) is 12.1 Å². The van der Waals surface area contributed by atoms with Crippen LogP contribution in [0, 0.1) is 0 Å². The molecular formula is C19H22ClN5O. The lowest BCUT2D eigenvalue weighted by Crippen LogP contribution is -2.52. The van der Waals surface area contributed by atoms with Gasteiger partial charge in [-0.1, -0.05) is 29.8 Å². The van der Waals surface area contributed by atoms with Gasteiger partial charge in [-0.05, 0) is 18.6 Å². The Morgan fingerprint density at radius 3 is 2.35 bits per heavy atom. The van der Waals surface area contributed by atoms with Gasteiger partial charge in [-0.2, -0.15) is 0 Å². The first-order valence-corrected chi connectivity index (χ1v) is 9.42. The van der Waals surface area contributed by atoms with Gasteiger partial charge in [-0.3, -0.25) is 9.69 Å². The Kier molecular flexibility index (Phi) is 5.04. The van der Waals surface area contributed by atoms with Crippen LogP contribution >= 0.6 is 11.6 Å². The number of nitrogens with zero attached hydrogens (tertiary/aromatic N) is 5. The van der Waals surface area contributed by atoms with Gasteiger partial charge in [0.1, 0.15) is 6.17 Å². The lowest BCUT2D eigenvalue weighted by Gasteiger charge is -2.43. The Morgan fingerprint density at radius 1 is 0.962 bits per heavy atom. The quantitative estimate of drug-likeness (QED) is 0.826. The van der Waals surface area contributed by atoms with Crippen molar-refractivity contribution in [2.24, 2.45) is 0 Å². The number of likely N-dealkylation sites (tertiary alicyclic amines) is 1. The molecule has 2 aliphatic rings. The number of rotatable bonds is 4. The van der Waals surface area contributed by atoms with E-state index in [0.29, 0.717) is 11.4 Å². The molecule has 1 aromatic carbocycles. The molecule has 3 heterocycles. The second kappa shape index (κ2) is 7.60. The first-order valence-electron chi connectivity index (χ1n) is 9.04. The maximum Gasteiger partial charge on any atom is 0.225 e. The van der Waals surface area contributed by atoms with Crippen molar-refractivity contribution in [1.82, 2.24) is 19.8 Å². The van der Waals surface area contributed by atoms with Gasteiger partial charge < -0.3 is 9.80 Å². The molecule has 0 aliphatic carbocycles. The van der Waals surface area contributed by atoms with Gasteiger partial charge in [0.15, 0.2) is 0 Å². The van der Waals surface area contributed by atoms with Crippen LogP contribution in [-0.2, 0) is 4.79 Å². The maximum absolute atomic E-state index is 12.5. The highest BCUT2D eigenvalue weighted by Crippen LogP contribution is 2.34. The maximum atomic E-state index is 12.5. The molecule has 1 unspecified atom stereocenters. The number of benzene rings is 1. The highest BCUT2D eigenvalue weighted by molar-refractivity contribution is 6.31. The third-order valence-electron chi connectivity index (χ3n) is 5.08. The van der Waals surface area contributed by atoms with E-state index in [1.54, 1.807) is 12.4 Å². The Bertz CT molecular complexity index is 764. The number of hydrogen-bond donors (Lipinski definition) is 0. The third-order valence-corrected chi connectivity index (χ3v) is 5.43. The van der Waals surface area contributed by atoms with E-state index in [4.69, 9.17) is 11.6 Å². The molecule has 0 bridgehead atoms. The van der Waals surface area contributed by atoms with Crippen LogP contribution in [0.5, 0.6) is 0 Å². The van der Waals surface area contributed by atoms with Crippen LogP contribution in [0.1, 0.15) is 24.6 Å². The fraction of sp³-hybridized carbons (Fsp3) is 0.421. The smallest absolute Gasteiger partial charge is 0.225 e. The standard InChI is InChI=1S/C19H22ClN5O/c20-16-6-2-1-5-15(16)18(25-10-3-7-17(25)26)23-11-13-24(14-12-23)19-21-8-4-9-22-19/h1-2,4-6,8-9,18H,3,7,10-14H2. The van der Waals surface area contributed by atoms with Crippen molar-refractivity contribution in [3.05, 3.63) is 53.3 Å². The second-order valence-corrected chi connectivity index (χ2v) is 7.06. The fourth-order valence-electron chi connectivity index (χ4n) is 3.79. The van der Waals surface area contributed by atoms with Crippen LogP contribution in [0.2, 0.25) is 5.02 Å². The van der Waals surface area contributed by atoms with Crippen molar-refractivity contribution in [2.45, 2.75) is 19.0 Å². The van der Waals surface area contributed by atoms with Gasteiger partial charge in [0.25, 0.3) is 0 Å². The molecule has 2 fully saturated rings. The van der Waals surface area contributed by atoms with Crippen LogP contribution in [0.15, 0.2) is 42.7 Å². The van der Waals surface area contributed by atoms with Gasteiger partial charge in [-0.25, -0.2) is 9.97 Å². The Hall–Kier alpha value is -2.18. The zero-order chi connectivity index (χ0) is 17.9. The largest absolute Gasteiger partial charge is 0.338 e. The highest BCUT2D eigenvalue weighted by atomic mass is 35.5. The number of hydrogen-bond acceptors (Lipinski definition) is 5. The van der Waals surface area contributed by atoms with E-state index >= 15 is 0 Å². The summed E-state index contributed by atoms with van der Waals surface area (Å²) in [6, 6.07) is 9.68. The average molecular weight is 372 g/mol. The van der Waals surface area contributed by atoms with Crippen LogP contribution in [-0.4, -0.2) is 58.4 Å². The van der Waals surface area contributed by atoms with E-state index in [9.17, 15) is 4.79 Å². The zero-order valence-corrected chi connectivity index (χ0v) is 15.3. The summed E-state index contributed by atoms with van der Waals surface area (Å²) in [4.78, 5) is 27.7. The number of halogens is 1. The molecule has 26 heavy (non-hydrogen) atoms. The van der Waals surface area contributed by atoms with Gasteiger partial charge in [0, 0.05) is 62.1 Å². The Morgan fingerprint density at radius 2 is 1.69 bits per heavy atom. The molecule has 2 saturated heterocycles. The normalized spacial score (nSPS) is 19.8. The van der Waals surface area contributed by atoms with Crippen LogP contribution in [0.25, 0.3) is 0 Å². The van der Waals surface area contributed by atoms with Gasteiger partial charge in [-0.15, -0.1) is 0 Å². The summed E-state index contributed by atoms with van der Waals surface area (Å²) >= 11 is 6.49. The predicted molar refractivity (Wildman–Crippen MR) is 101 cm³/mol. The number of aromatic nitrogens is 2. The molecule has 1 aromatic heterocycles. The summed E-state index contributed by atoms with van der Waals surface area (Å²) in [7, 11) is 0. The van der Waals surface area contributed by atoms with Crippen LogP contribution < -0.4 is 4.90 Å². The first-order chi connectivity index (χ1) is 12.7. The monoisotopic (exact) mass is 371 g/mol. The minimum Gasteiger partial charge on any atom is -0.338 e. The highest BCUT2D eigenvalue weighted by Gasteiger charge is 2.35. The fourth-order valence-corrected chi connectivity index (χ4v) is 4.03. The van der Waals surface area contributed by atoms with Crippen LogP contribution in [0.4, 0.5) is 5.95 Å². The molecule has 1 atom stereocenters. The van der Waals surface area contributed by atoms with Crippen molar-refractivity contribution in [3.63, 3.8) is 0 Å². The molecule has 0 N–H and O–H groups in total. The van der Waals surface area contributed by atoms with Crippen LogP contribution in [0.3, 0.4) is 0 Å². The minimum atomic E-state index is -0.0995. The molecule has 2 aromatic rings. The lowest BCUT2D eigenvalue weighted by molar-refractivity contribution is -0.133. The summed E-state index contributed by atoms with van der Waals surface area (Å²) < 4.78 is 0. The summed E-state index contributed by atoms with van der Waals surface area (Å²) in [5, 5.41) is 0.714. The molecular weight excluding hydrogens is 350 g/mol. The Balaban J connectivity index is 1.56. The molecule has 0 radical (unpaired) electrons. The van der Waals surface area contributed by atoms with Gasteiger partial charge in [0.05, 0.1) is 0 Å². The predicted octanol–water partition coefficient (Wildman–Crippen LogP) is 2.57. The first kappa shape index (κ1) is 17.2. The van der Waals surface area contributed by atoms with Crippen molar-refractivity contribution in [2.75, 3.05) is 37.6 Å². The van der Waals surface area contributed by atoms with Gasteiger partial charge in [0.2, 0.25) is 11.9 Å². The van der Waals surface area contributed by atoms with Crippen molar-refractivity contribution < 1.29 is 4.79 Å². The van der Waals surface area contributed by atoms with Crippen molar-refractivity contribution in [1.29, 1.82) is 0 Å². The van der Waals surface area contributed by atoms with E-state index in [1.165, 1.54) is 0 Å². The number of amides is 1. The van der Waals surface area contributed by atoms with E-state index in [2.05, 4.69) is 19.8 Å². The van der Waals surface area contributed by atoms with Gasteiger partial charge >= 0.3 is 0 Å². The topological polar surface area (TPSA) is 52.6 Å². The SMILES string of the molecule is O=C1CCCN1C(c1ccccc1Cl)N1CCN(c2ncccn2)CC1. The Labute approximate surface area is 158 Å². The van der Waals surface area contributed by atoms with E-state index < -0.39 is 0 Å². The number of carbonyl (C=O) groups excluding carboxylic acids is 1. The minimum absolute atomic E-state index is 0.0995. The molecule has 6 nitrogen and oxygen atoms in total. The second-order valence-electron chi connectivity index (χ2n) is 6.66. The summed E-state index contributed by atoms with van der Waals surface area (Å²) in [6.07, 6.45) is 4.97. The van der Waals surface area contributed by atoms with Crippen molar-refractivity contribution in [3.8, 4) is 0 Å². The zero-order valence-electron chi connectivity index (χ0n) is 14.6. The van der Waals surface area contributed by atoms with Crippen molar-refractivity contribution >= 4 is 23.5 Å². The molecule has 136 valence electrons. The number of piperazine rings is 1. The number of anilines is 1. The third kappa shape index (κ3) is 3.39. The number of carbonyl (C=O) groups is 1. The summed E-state index contributed by atoms with van der Waals surface area (Å²) in [6.45, 7) is 4.10. The molecule has 4 rings (SSSR count). The molecule has 7 heteroatoms. The summed E-state index contributed by atoms with van der Waals surface area (Å²) in [5.41, 5.74) is 1.01. The average Bonchev–Trinajstić information content (AvgIpc) is 3.10.